The van der Waals surface area contributed by atoms with Gasteiger partial charge < -0.3 is 10.3 Å². The average molecular weight is 297 g/mol. The molecule has 1 heterocycles. The quantitative estimate of drug-likeness (QED) is 0.659. The van der Waals surface area contributed by atoms with Gasteiger partial charge in [-0.25, -0.2) is 0 Å². The molecule has 20 heavy (non-hydrogen) atoms. The monoisotopic (exact) mass is 296 g/mol. The topological polar surface area (TPSA) is 61.6 Å². The highest BCUT2D eigenvalue weighted by atomic mass is 35.5. The molecule has 0 bridgehead atoms. The van der Waals surface area contributed by atoms with E-state index in [2.05, 4.69) is 24.2 Å². The van der Waals surface area contributed by atoms with Crippen LogP contribution >= 0.6 is 11.6 Å². The number of hydrazine groups is 1. The summed E-state index contributed by atoms with van der Waals surface area (Å²) < 4.78 is 0. The van der Waals surface area contributed by atoms with Gasteiger partial charge in [0.15, 0.2) is 0 Å². The molecule has 6 heteroatoms. The van der Waals surface area contributed by atoms with Crippen molar-refractivity contribution in [2.75, 3.05) is 31.6 Å². The molecule has 5 nitrogen and oxygen atoms in total. The predicted octanol–water partition coefficient (Wildman–Crippen LogP) is 1.79. The number of nitrogens with two attached hydrogens (primary N) is 1. The number of piperazine rings is 1. The zero-order valence-electron chi connectivity index (χ0n) is 11.9. The smallest absolute Gasteiger partial charge is 0.256 e. The van der Waals surface area contributed by atoms with Crippen LogP contribution in [0.15, 0.2) is 18.2 Å². The van der Waals surface area contributed by atoms with Crippen LogP contribution in [-0.4, -0.2) is 47.9 Å². The van der Waals surface area contributed by atoms with Crippen LogP contribution in [0.5, 0.6) is 0 Å². The molecule has 110 valence electrons. The molecule has 1 fully saturated rings. The third kappa shape index (κ3) is 3.06. The van der Waals surface area contributed by atoms with Gasteiger partial charge in [-0.15, -0.1) is 0 Å². The maximum atomic E-state index is 12.6. The van der Waals surface area contributed by atoms with Crippen molar-refractivity contribution in [3.05, 3.63) is 28.8 Å². The number of benzene rings is 1. The minimum Gasteiger partial charge on any atom is -0.336 e. The maximum absolute atomic E-state index is 12.6. The van der Waals surface area contributed by atoms with Gasteiger partial charge in [0.25, 0.3) is 5.91 Å². The maximum Gasteiger partial charge on any atom is 0.256 e. The van der Waals surface area contributed by atoms with Gasteiger partial charge in [0.2, 0.25) is 0 Å². The Bertz CT molecular complexity index is 494. The van der Waals surface area contributed by atoms with Crippen molar-refractivity contribution < 1.29 is 4.79 Å². The first-order chi connectivity index (χ1) is 9.56. The van der Waals surface area contributed by atoms with E-state index in [0.29, 0.717) is 22.3 Å². The van der Waals surface area contributed by atoms with Crippen LogP contribution in [0.4, 0.5) is 5.69 Å². The standard InChI is InChI=1S/C14H21ClN4O/c1-3-18-6-7-19(9-10(18)2)14(20)12-8-11(15)4-5-13(12)17-16/h4-5,8,10,17H,3,6-7,9,16H2,1-2H3. The summed E-state index contributed by atoms with van der Waals surface area (Å²) in [5.74, 6) is 5.44. The number of amides is 1. The Kier molecular flexibility index (Phi) is 4.86. The van der Waals surface area contributed by atoms with Gasteiger partial charge in [-0.1, -0.05) is 18.5 Å². The van der Waals surface area contributed by atoms with E-state index >= 15 is 0 Å². The van der Waals surface area contributed by atoms with Gasteiger partial charge >= 0.3 is 0 Å². The molecular weight excluding hydrogens is 276 g/mol. The first kappa shape index (κ1) is 15.1. The van der Waals surface area contributed by atoms with Gasteiger partial charge in [0, 0.05) is 30.7 Å². The average Bonchev–Trinajstić information content (AvgIpc) is 2.46. The highest BCUT2D eigenvalue weighted by molar-refractivity contribution is 6.31. The third-order valence-electron chi connectivity index (χ3n) is 3.83. The van der Waals surface area contributed by atoms with Crippen molar-refractivity contribution >= 4 is 23.2 Å². The number of likely N-dealkylation sites (N-methyl/N-ethyl adjacent to an activating group) is 1. The number of nitrogens with one attached hydrogen (secondary N) is 1. The highest BCUT2D eigenvalue weighted by Crippen LogP contribution is 2.22. The van der Waals surface area contributed by atoms with Gasteiger partial charge in [-0.3, -0.25) is 15.5 Å². The van der Waals surface area contributed by atoms with Crippen molar-refractivity contribution in [2.45, 2.75) is 19.9 Å². The number of anilines is 1. The van der Waals surface area contributed by atoms with E-state index in [4.69, 9.17) is 17.4 Å². The lowest BCUT2D eigenvalue weighted by molar-refractivity contribution is 0.0529. The second kappa shape index (κ2) is 6.43. The molecule has 1 aromatic rings. The molecule has 2 rings (SSSR count). The van der Waals surface area contributed by atoms with Gasteiger partial charge in [0.05, 0.1) is 11.3 Å². The van der Waals surface area contributed by atoms with Crippen molar-refractivity contribution in [3.63, 3.8) is 0 Å². The zero-order chi connectivity index (χ0) is 14.7. The second-order valence-corrected chi connectivity index (χ2v) is 5.50. The Morgan fingerprint density at radius 2 is 2.25 bits per heavy atom. The number of nitrogen functional groups attached to an aromatic ring is 1. The summed E-state index contributed by atoms with van der Waals surface area (Å²) in [6, 6.07) is 5.47. The second-order valence-electron chi connectivity index (χ2n) is 5.06. The van der Waals surface area contributed by atoms with Crippen LogP contribution in [0, 0.1) is 0 Å². The number of carbonyl (C=O) groups is 1. The zero-order valence-corrected chi connectivity index (χ0v) is 12.7. The third-order valence-corrected chi connectivity index (χ3v) is 4.06. The largest absolute Gasteiger partial charge is 0.336 e. The van der Waals surface area contributed by atoms with E-state index in [0.717, 1.165) is 26.2 Å². The fourth-order valence-corrected chi connectivity index (χ4v) is 2.81. The lowest BCUT2D eigenvalue weighted by atomic mass is 10.1. The number of nitrogens with zero attached hydrogens (tertiary/aromatic N) is 2. The molecule has 3 N–H and O–H groups in total. The number of rotatable bonds is 3. The van der Waals surface area contributed by atoms with E-state index in [1.165, 1.54) is 0 Å². The Balaban J connectivity index is 2.18. The lowest BCUT2D eigenvalue weighted by Gasteiger charge is -2.39. The van der Waals surface area contributed by atoms with Crippen molar-refractivity contribution in [1.82, 2.24) is 9.80 Å². The summed E-state index contributed by atoms with van der Waals surface area (Å²) in [7, 11) is 0. The summed E-state index contributed by atoms with van der Waals surface area (Å²) in [6.07, 6.45) is 0. The molecule has 0 aromatic heterocycles. The number of carbonyl (C=O) groups excluding carboxylic acids is 1. The van der Waals surface area contributed by atoms with E-state index in [1.807, 2.05) is 4.90 Å². The minimum absolute atomic E-state index is 0.0250. The predicted molar refractivity (Wildman–Crippen MR) is 81.9 cm³/mol. The first-order valence-electron chi connectivity index (χ1n) is 6.86. The molecule has 1 unspecified atom stereocenters. The van der Waals surface area contributed by atoms with Crippen LogP contribution in [-0.2, 0) is 0 Å². The Hall–Kier alpha value is -1.30. The van der Waals surface area contributed by atoms with Crippen molar-refractivity contribution in [2.24, 2.45) is 5.84 Å². The summed E-state index contributed by atoms with van der Waals surface area (Å²) in [4.78, 5) is 16.9. The molecule has 1 atom stereocenters. The Labute approximate surface area is 124 Å². The Morgan fingerprint density at radius 3 is 2.85 bits per heavy atom. The summed E-state index contributed by atoms with van der Waals surface area (Å²) >= 11 is 5.98. The van der Waals surface area contributed by atoms with Crippen molar-refractivity contribution in [3.8, 4) is 0 Å². The fourth-order valence-electron chi connectivity index (χ4n) is 2.64. The molecule has 0 aliphatic carbocycles. The lowest BCUT2D eigenvalue weighted by Crippen LogP contribution is -2.53. The van der Waals surface area contributed by atoms with E-state index in [-0.39, 0.29) is 5.91 Å². The van der Waals surface area contributed by atoms with E-state index in [1.54, 1.807) is 18.2 Å². The van der Waals surface area contributed by atoms with Crippen LogP contribution in [0.1, 0.15) is 24.2 Å². The highest BCUT2D eigenvalue weighted by Gasteiger charge is 2.27. The normalized spacial score (nSPS) is 20.0. The number of halogens is 1. The molecule has 1 aliphatic heterocycles. The number of hydrogen-bond donors (Lipinski definition) is 2. The summed E-state index contributed by atoms with van der Waals surface area (Å²) in [5.41, 5.74) is 3.68. The van der Waals surface area contributed by atoms with E-state index < -0.39 is 0 Å². The Morgan fingerprint density at radius 1 is 1.50 bits per heavy atom. The molecule has 0 spiro atoms. The van der Waals surface area contributed by atoms with Crippen LogP contribution in [0.3, 0.4) is 0 Å². The van der Waals surface area contributed by atoms with Gasteiger partial charge in [-0.05, 0) is 31.7 Å². The fraction of sp³-hybridized carbons (Fsp3) is 0.500. The summed E-state index contributed by atoms with van der Waals surface area (Å²) in [6.45, 7) is 7.65. The molecule has 0 radical (unpaired) electrons. The van der Waals surface area contributed by atoms with Crippen LogP contribution < -0.4 is 11.3 Å². The van der Waals surface area contributed by atoms with Crippen molar-refractivity contribution in [1.29, 1.82) is 0 Å². The molecule has 1 aliphatic rings. The van der Waals surface area contributed by atoms with E-state index in [9.17, 15) is 4.79 Å². The molecule has 1 amide bonds. The van der Waals surface area contributed by atoms with Crippen LogP contribution in [0.2, 0.25) is 5.02 Å². The molecule has 1 aromatic carbocycles. The number of hydrogen-bond acceptors (Lipinski definition) is 4. The van der Waals surface area contributed by atoms with Crippen LogP contribution in [0.25, 0.3) is 0 Å². The molecular formula is C14H21ClN4O. The molecule has 0 saturated carbocycles. The van der Waals surface area contributed by atoms with Gasteiger partial charge in [0.1, 0.15) is 0 Å². The minimum atomic E-state index is -0.0250. The summed E-state index contributed by atoms with van der Waals surface area (Å²) in [5, 5.41) is 0.535. The SMILES string of the molecule is CCN1CCN(C(=O)c2cc(Cl)ccc2NN)CC1C. The first-order valence-corrected chi connectivity index (χ1v) is 7.24. The molecule has 1 saturated heterocycles. The van der Waals surface area contributed by atoms with Gasteiger partial charge in [-0.2, -0.15) is 0 Å².